The number of nitrogen functional groups attached to an aromatic ring is 1. The summed E-state index contributed by atoms with van der Waals surface area (Å²) in [7, 11) is -4.25. The molecule has 2 heterocycles. The Labute approximate surface area is 209 Å². The van der Waals surface area contributed by atoms with Gasteiger partial charge >= 0.3 is 13.7 Å². The number of H-pyrrole nitrogens is 1. The lowest BCUT2D eigenvalue weighted by molar-refractivity contribution is -0.139. The number of nitrogens with two attached hydrogens (primary N) is 3. The van der Waals surface area contributed by atoms with Crippen LogP contribution in [0.3, 0.4) is 0 Å². The van der Waals surface area contributed by atoms with E-state index in [2.05, 4.69) is 35.1 Å². The van der Waals surface area contributed by atoms with Gasteiger partial charge in [-0.15, -0.1) is 0 Å². The van der Waals surface area contributed by atoms with Crippen LogP contribution < -0.4 is 33.2 Å². The van der Waals surface area contributed by atoms with Crippen LogP contribution in [0, 0.1) is 0 Å². The Balaban J connectivity index is 1.54. The summed E-state index contributed by atoms with van der Waals surface area (Å²) in [6, 6.07) is 5.03. The number of carboxylic acid groups (broad SMARTS) is 1. The van der Waals surface area contributed by atoms with E-state index < -0.39 is 37.5 Å². The molecule has 3 rings (SSSR count). The minimum atomic E-state index is -4.25. The molecule has 0 saturated carbocycles. The molecule has 3 atom stereocenters. The normalized spacial score (nSPS) is 14.5. The number of fused-ring (bicyclic) bond motifs is 1. The number of aromatic nitrogens is 4. The summed E-state index contributed by atoms with van der Waals surface area (Å²) in [6.45, 7) is 0.223. The lowest BCUT2D eigenvalue weighted by Gasteiger charge is -2.17. The van der Waals surface area contributed by atoms with Crippen LogP contribution in [0.5, 0.6) is 0 Å². The Morgan fingerprint density at radius 2 is 1.89 bits per heavy atom. The molecule has 2 aromatic heterocycles. The molecule has 37 heavy (non-hydrogen) atoms. The van der Waals surface area contributed by atoms with Gasteiger partial charge in [0.1, 0.15) is 12.3 Å². The first-order valence-corrected chi connectivity index (χ1v) is 12.5. The van der Waals surface area contributed by atoms with Crippen LogP contribution in [-0.4, -0.2) is 54.1 Å². The van der Waals surface area contributed by atoms with Gasteiger partial charge in [-0.25, -0.2) is 24.8 Å². The number of hydrogen-bond donors (Lipinski definition) is 8. The van der Waals surface area contributed by atoms with Gasteiger partial charge < -0.3 is 32.1 Å². The summed E-state index contributed by atoms with van der Waals surface area (Å²) >= 11 is 0. The average molecular weight is 535 g/mol. The summed E-state index contributed by atoms with van der Waals surface area (Å²) in [5, 5.41) is 14.9. The lowest BCUT2D eigenvalue weighted by atomic mass is 10.1. The van der Waals surface area contributed by atoms with Crippen molar-refractivity contribution in [2.24, 2.45) is 11.2 Å². The van der Waals surface area contributed by atoms with Crippen molar-refractivity contribution in [1.29, 1.82) is 0 Å². The number of rotatable bonds is 12. The summed E-state index contributed by atoms with van der Waals surface area (Å²) in [6.07, 6.45) is 0.557. The molecule has 0 bridgehead atoms. The molecule has 0 aliphatic heterocycles. The maximum absolute atomic E-state index is 12.5. The Morgan fingerprint density at radius 3 is 2.54 bits per heavy atom. The van der Waals surface area contributed by atoms with Gasteiger partial charge in [-0.05, 0) is 43.5 Å². The summed E-state index contributed by atoms with van der Waals surface area (Å²) in [5.41, 5.74) is 16.9. The molecular formula is C20H26N9O7P. The van der Waals surface area contributed by atoms with E-state index in [1.54, 1.807) is 12.1 Å². The zero-order valence-electron chi connectivity index (χ0n) is 19.3. The monoisotopic (exact) mass is 535 g/mol. The molecule has 1 amide bonds. The quantitative estimate of drug-likeness (QED) is 0.108. The third-order valence-electron chi connectivity index (χ3n) is 4.98. The summed E-state index contributed by atoms with van der Waals surface area (Å²) < 4.78 is 15.5. The molecular weight excluding hydrogens is 509 g/mol. The number of nitrogens with zero attached hydrogens (tertiary/aromatic N) is 3. The maximum Gasteiger partial charge on any atom is 0.401 e. The van der Waals surface area contributed by atoms with Crippen LogP contribution in [0.25, 0.3) is 11.2 Å². The second-order valence-corrected chi connectivity index (χ2v) is 9.26. The van der Waals surface area contributed by atoms with Crippen molar-refractivity contribution in [3.63, 3.8) is 0 Å². The molecule has 0 aliphatic rings. The van der Waals surface area contributed by atoms with Crippen molar-refractivity contribution in [2.45, 2.75) is 38.1 Å². The third kappa shape index (κ3) is 8.30. The number of carboxylic acids is 1. The standard InChI is InChI=1S/C20H26N9O7P/c21-14(36-37(23,34)35)3-1-2-13(19(32)33)27-17(30)10-4-6-11(7-5-10)24-8-12-9-25-16-15(26-12)18(31)29-20(22)28-16/h4-7,9,13-14,24H,1-3,8,21H2,(H,27,30)(H,32,33)(H3,23,34,35)(H3,22,25,28,29,31)/t13-,14?/m0/s1. The van der Waals surface area contributed by atoms with Crippen molar-refractivity contribution in [2.75, 3.05) is 11.1 Å². The molecule has 0 spiro atoms. The topological polar surface area (TPSA) is 275 Å². The highest BCUT2D eigenvalue weighted by molar-refractivity contribution is 7.50. The molecule has 0 fully saturated rings. The molecule has 0 aliphatic carbocycles. The number of benzene rings is 1. The fraction of sp³-hybridized carbons (Fsp3) is 0.300. The number of amides is 1. The Bertz CT molecular complexity index is 1380. The van der Waals surface area contributed by atoms with E-state index >= 15 is 0 Å². The first-order chi connectivity index (χ1) is 17.4. The number of carbonyl (C=O) groups is 2. The first kappa shape index (κ1) is 27.6. The molecule has 0 saturated heterocycles. The minimum absolute atomic E-state index is 0.00974. The second kappa shape index (κ2) is 11.9. The first-order valence-electron chi connectivity index (χ1n) is 10.9. The van der Waals surface area contributed by atoms with E-state index in [-0.39, 0.29) is 48.5 Å². The van der Waals surface area contributed by atoms with Gasteiger partial charge in [-0.1, -0.05) is 0 Å². The molecule has 11 N–H and O–H groups in total. The van der Waals surface area contributed by atoms with E-state index in [1.807, 2.05) is 0 Å². The van der Waals surface area contributed by atoms with Crippen molar-refractivity contribution in [3.8, 4) is 0 Å². The van der Waals surface area contributed by atoms with Crippen LogP contribution in [0.1, 0.15) is 35.3 Å². The predicted octanol–water partition coefficient (Wildman–Crippen LogP) is -0.379. The van der Waals surface area contributed by atoms with Crippen LogP contribution in [0.2, 0.25) is 0 Å². The fourth-order valence-electron chi connectivity index (χ4n) is 3.26. The summed E-state index contributed by atoms with van der Waals surface area (Å²) in [4.78, 5) is 59.5. The molecule has 16 nitrogen and oxygen atoms in total. The summed E-state index contributed by atoms with van der Waals surface area (Å²) in [5.74, 6) is -1.91. The fourth-order valence-corrected chi connectivity index (χ4v) is 3.75. The van der Waals surface area contributed by atoms with Crippen LogP contribution in [0.15, 0.2) is 35.3 Å². The minimum Gasteiger partial charge on any atom is -0.480 e. The van der Waals surface area contributed by atoms with Crippen molar-refractivity contribution >= 4 is 42.4 Å². The van der Waals surface area contributed by atoms with Gasteiger partial charge in [-0.2, -0.15) is 4.98 Å². The third-order valence-corrected chi connectivity index (χ3v) is 5.55. The maximum atomic E-state index is 12.5. The number of aliphatic carboxylic acids is 1. The molecule has 1 aromatic carbocycles. The number of anilines is 2. The lowest BCUT2D eigenvalue weighted by Crippen LogP contribution is -2.41. The Hall–Kier alpha value is -3.95. The van der Waals surface area contributed by atoms with E-state index in [9.17, 15) is 24.1 Å². The van der Waals surface area contributed by atoms with Gasteiger partial charge in [0.2, 0.25) is 5.95 Å². The van der Waals surface area contributed by atoms with Crippen LogP contribution in [0.4, 0.5) is 11.6 Å². The van der Waals surface area contributed by atoms with Gasteiger partial charge in [0.25, 0.3) is 11.5 Å². The Morgan fingerprint density at radius 1 is 1.19 bits per heavy atom. The highest BCUT2D eigenvalue weighted by Gasteiger charge is 2.22. The zero-order chi connectivity index (χ0) is 27.2. The molecule has 17 heteroatoms. The largest absolute Gasteiger partial charge is 0.480 e. The molecule has 198 valence electrons. The SMILES string of the molecule is Nc1nc2ncc(CNc3ccc(C(=O)N[C@@H](CCCC(N)OP(N)(=O)O)C(=O)O)cc3)nc2c(=O)[nH]1. The van der Waals surface area contributed by atoms with Crippen LogP contribution >= 0.6 is 7.75 Å². The highest BCUT2D eigenvalue weighted by atomic mass is 31.2. The second-order valence-electron chi connectivity index (χ2n) is 7.92. The molecule has 2 unspecified atom stereocenters. The van der Waals surface area contributed by atoms with E-state index in [4.69, 9.17) is 21.9 Å². The van der Waals surface area contributed by atoms with Crippen molar-refractivity contribution < 1.29 is 28.7 Å². The van der Waals surface area contributed by atoms with Crippen LogP contribution in [-0.2, 0) is 20.4 Å². The van der Waals surface area contributed by atoms with Gasteiger partial charge in [0.15, 0.2) is 11.2 Å². The smallest absolute Gasteiger partial charge is 0.401 e. The van der Waals surface area contributed by atoms with Gasteiger partial charge in [0.05, 0.1) is 18.4 Å². The van der Waals surface area contributed by atoms with Gasteiger partial charge in [0, 0.05) is 11.3 Å². The number of nitrogens with one attached hydrogen (secondary N) is 3. The number of aromatic amines is 1. The van der Waals surface area contributed by atoms with E-state index in [0.29, 0.717) is 11.4 Å². The average Bonchev–Trinajstić information content (AvgIpc) is 2.81. The van der Waals surface area contributed by atoms with Crippen molar-refractivity contribution in [3.05, 3.63) is 52.1 Å². The predicted molar refractivity (Wildman–Crippen MR) is 132 cm³/mol. The molecule has 3 aromatic rings. The molecule has 0 radical (unpaired) electrons. The van der Waals surface area contributed by atoms with Crippen molar-refractivity contribution in [1.82, 2.24) is 25.3 Å². The zero-order valence-corrected chi connectivity index (χ0v) is 20.2. The van der Waals surface area contributed by atoms with E-state index in [0.717, 1.165) is 0 Å². The number of carbonyl (C=O) groups excluding carboxylic acids is 1. The Kier molecular flexibility index (Phi) is 8.86. The van der Waals surface area contributed by atoms with E-state index in [1.165, 1.54) is 18.3 Å². The number of hydrogen-bond acceptors (Lipinski definition) is 11. The highest BCUT2D eigenvalue weighted by Crippen LogP contribution is 2.33. The van der Waals surface area contributed by atoms with Gasteiger partial charge in [-0.3, -0.25) is 19.1 Å².